The maximum absolute atomic E-state index is 14.6. The van der Waals surface area contributed by atoms with Crippen LogP contribution in [0.2, 0.25) is 0 Å². The molecular formula is C28H38FN5O2. The van der Waals surface area contributed by atoms with Crippen molar-refractivity contribution in [3.8, 4) is 11.3 Å². The zero-order valence-corrected chi connectivity index (χ0v) is 21.5. The largest absolute Gasteiger partial charge is 0.395 e. The fourth-order valence-corrected chi connectivity index (χ4v) is 4.35. The summed E-state index contributed by atoms with van der Waals surface area (Å²) in [6, 6.07) is 18.9. The number of alkyl halides is 1. The highest BCUT2D eigenvalue weighted by Gasteiger charge is 2.42. The summed E-state index contributed by atoms with van der Waals surface area (Å²) in [5, 5.41) is 9.43. The number of nitrogens with zero attached hydrogens (tertiary/aromatic N) is 4. The van der Waals surface area contributed by atoms with Crippen molar-refractivity contribution in [3.63, 3.8) is 0 Å². The maximum Gasteiger partial charge on any atom is 0.320 e. The van der Waals surface area contributed by atoms with Gasteiger partial charge in [-0.3, -0.25) is 4.39 Å². The first kappa shape index (κ1) is 27.4. The molecule has 194 valence electrons. The Bertz CT molecular complexity index is 1090. The van der Waals surface area contributed by atoms with E-state index in [4.69, 9.17) is 10.7 Å². The van der Waals surface area contributed by atoms with E-state index in [2.05, 4.69) is 0 Å². The van der Waals surface area contributed by atoms with Crippen LogP contribution in [0.4, 0.5) is 9.18 Å². The predicted octanol–water partition coefficient (Wildman–Crippen LogP) is 4.33. The molecule has 3 aromatic rings. The number of carbonyl (C=O) groups excluding carboxylic acids is 1. The number of aliphatic hydroxyl groups is 1. The molecule has 36 heavy (non-hydrogen) atoms. The minimum absolute atomic E-state index is 0.162. The minimum Gasteiger partial charge on any atom is -0.395 e. The van der Waals surface area contributed by atoms with Gasteiger partial charge in [-0.25, -0.2) is 9.78 Å². The van der Waals surface area contributed by atoms with Crippen LogP contribution in [0.15, 0.2) is 66.9 Å². The Morgan fingerprint density at radius 1 is 1.11 bits per heavy atom. The van der Waals surface area contributed by atoms with E-state index in [1.807, 2.05) is 85.3 Å². The summed E-state index contributed by atoms with van der Waals surface area (Å²) in [4.78, 5) is 21.7. The number of hydrogen-bond acceptors (Lipinski definition) is 4. The monoisotopic (exact) mass is 495 g/mol. The molecule has 8 heteroatoms. The third kappa shape index (κ3) is 6.50. The van der Waals surface area contributed by atoms with Crippen LogP contribution in [-0.4, -0.2) is 70.5 Å². The topological polar surface area (TPSA) is 87.6 Å². The van der Waals surface area contributed by atoms with Crippen molar-refractivity contribution in [3.05, 3.63) is 78.2 Å². The van der Waals surface area contributed by atoms with Crippen molar-refractivity contribution < 1.29 is 14.3 Å². The van der Waals surface area contributed by atoms with Crippen LogP contribution in [0.5, 0.6) is 0 Å². The average Bonchev–Trinajstić information content (AvgIpc) is 3.30. The third-order valence-corrected chi connectivity index (χ3v) is 6.32. The molecule has 0 unspecified atom stereocenters. The first-order valence-electron chi connectivity index (χ1n) is 12.4. The van der Waals surface area contributed by atoms with Crippen molar-refractivity contribution in [2.75, 3.05) is 40.0 Å². The summed E-state index contributed by atoms with van der Waals surface area (Å²) in [6.07, 6.45) is 2.53. The van der Waals surface area contributed by atoms with Gasteiger partial charge in [0, 0.05) is 43.9 Å². The van der Waals surface area contributed by atoms with Crippen molar-refractivity contribution >= 4 is 6.03 Å². The van der Waals surface area contributed by atoms with Crippen LogP contribution >= 0.6 is 0 Å². The lowest BCUT2D eigenvalue weighted by atomic mass is 9.83. The van der Waals surface area contributed by atoms with Gasteiger partial charge < -0.3 is 25.2 Å². The molecule has 0 fully saturated rings. The number of aliphatic hydroxyl groups excluding tert-OH is 1. The summed E-state index contributed by atoms with van der Waals surface area (Å²) < 4.78 is 16.7. The first-order valence-corrected chi connectivity index (χ1v) is 12.4. The second-order valence-electron chi connectivity index (χ2n) is 9.75. The molecule has 0 spiro atoms. The number of imidazole rings is 1. The molecule has 3 N–H and O–H groups in total. The SMILES string of the molecule is CN(CCO)C(=O)N(CCCN)[C@@H](c1nc(-c2ccccc2)cn1Cc1ccccc1)C(C)(C)CF. The second kappa shape index (κ2) is 12.6. The van der Waals surface area contributed by atoms with Crippen molar-refractivity contribution in [1.82, 2.24) is 19.4 Å². The van der Waals surface area contributed by atoms with Gasteiger partial charge in [-0.05, 0) is 18.5 Å². The van der Waals surface area contributed by atoms with Gasteiger partial charge in [0.25, 0.3) is 0 Å². The lowest BCUT2D eigenvalue weighted by Gasteiger charge is -2.42. The Labute approximate surface area is 213 Å². The molecule has 0 saturated heterocycles. The van der Waals surface area contributed by atoms with Crippen molar-refractivity contribution in [1.29, 1.82) is 0 Å². The lowest BCUT2D eigenvalue weighted by molar-refractivity contribution is 0.0617. The standard InChI is InChI=1S/C28H38FN5O2/c1-28(2,21-29)25(34(16-10-15-30)27(36)32(3)17-18-35)26-31-24(23-13-8-5-9-14-23)20-33(26)19-22-11-6-4-7-12-22/h4-9,11-14,20,25,35H,10,15-19,21,30H2,1-3H3/t25-/m0/s1. The molecule has 0 saturated carbocycles. The smallest absolute Gasteiger partial charge is 0.320 e. The molecule has 2 aromatic carbocycles. The maximum atomic E-state index is 14.6. The average molecular weight is 496 g/mol. The molecule has 1 atom stereocenters. The van der Waals surface area contributed by atoms with Crippen LogP contribution in [0.25, 0.3) is 11.3 Å². The first-order chi connectivity index (χ1) is 17.3. The summed E-state index contributed by atoms with van der Waals surface area (Å²) in [7, 11) is 1.64. The highest BCUT2D eigenvalue weighted by Crippen LogP contribution is 2.40. The van der Waals surface area contributed by atoms with E-state index in [9.17, 15) is 14.3 Å². The predicted molar refractivity (Wildman–Crippen MR) is 141 cm³/mol. The number of hydrogen-bond donors (Lipinski definition) is 2. The number of rotatable bonds is 12. The molecule has 7 nitrogen and oxygen atoms in total. The second-order valence-corrected chi connectivity index (χ2v) is 9.75. The van der Waals surface area contributed by atoms with Gasteiger partial charge in [0.15, 0.2) is 0 Å². The van der Waals surface area contributed by atoms with Crippen LogP contribution in [0.3, 0.4) is 0 Å². The van der Waals surface area contributed by atoms with Gasteiger partial charge in [-0.15, -0.1) is 0 Å². The Morgan fingerprint density at radius 2 is 1.75 bits per heavy atom. The van der Waals surface area contributed by atoms with Crippen LogP contribution in [0.1, 0.15) is 37.7 Å². The number of halogens is 1. The fraction of sp³-hybridized carbons (Fsp3) is 0.429. The molecule has 0 bridgehead atoms. The van der Waals surface area contributed by atoms with E-state index in [1.165, 1.54) is 4.90 Å². The highest BCUT2D eigenvalue weighted by molar-refractivity contribution is 5.75. The molecule has 0 aliphatic heterocycles. The Balaban J connectivity index is 2.18. The van der Waals surface area contributed by atoms with Gasteiger partial charge in [-0.1, -0.05) is 74.5 Å². The van der Waals surface area contributed by atoms with Crippen molar-refractivity contribution in [2.24, 2.45) is 11.1 Å². The molecular weight excluding hydrogens is 457 g/mol. The van der Waals surface area contributed by atoms with Gasteiger partial charge in [0.1, 0.15) is 5.82 Å². The van der Waals surface area contributed by atoms with Crippen molar-refractivity contribution in [2.45, 2.75) is 32.9 Å². The third-order valence-electron chi connectivity index (χ3n) is 6.32. The van der Waals surface area contributed by atoms with Gasteiger partial charge in [-0.2, -0.15) is 0 Å². The minimum atomic E-state index is -0.932. The lowest BCUT2D eigenvalue weighted by Crippen LogP contribution is -2.50. The van der Waals surface area contributed by atoms with E-state index in [1.54, 1.807) is 11.9 Å². The normalized spacial score (nSPS) is 12.4. The summed E-state index contributed by atoms with van der Waals surface area (Å²) >= 11 is 0. The molecule has 0 aliphatic rings. The molecule has 0 aliphatic carbocycles. The summed E-state index contributed by atoms with van der Waals surface area (Å²) in [5.41, 5.74) is 7.66. The van der Waals surface area contributed by atoms with E-state index in [0.717, 1.165) is 16.8 Å². The number of nitrogens with two attached hydrogens (primary N) is 1. The molecule has 2 amide bonds. The number of urea groups is 1. The molecule has 1 heterocycles. The number of aromatic nitrogens is 2. The van der Waals surface area contributed by atoms with E-state index < -0.39 is 18.1 Å². The van der Waals surface area contributed by atoms with Crippen LogP contribution < -0.4 is 5.73 Å². The Hall–Kier alpha value is -3.23. The zero-order valence-electron chi connectivity index (χ0n) is 21.5. The quantitative estimate of drug-likeness (QED) is 0.392. The van der Waals surface area contributed by atoms with E-state index >= 15 is 0 Å². The number of likely N-dealkylation sites (N-methyl/N-ethyl adjacent to an activating group) is 1. The molecule has 1 aromatic heterocycles. The number of benzene rings is 2. The van der Waals surface area contributed by atoms with E-state index in [-0.39, 0.29) is 19.2 Å². The summed E-state index contributed by atoms with van der Waals surface area (Å²) in [5.74, 6) is 0.614. The Morgan fingerprint density at radius 3 is 2.33 bits per heavy atom. The summed E-state index contributed by atoms with van der Waals surface area (Å²) in [6.45, 7) is 4.26. The zero-order chi connectivity index (χ0) is 26.1. The van der Waals surface area contributed by atoms with Gasteiger partial charge >= 0.3 is 6.03 Å². The molecule has 3 rings (SSSR count). The van der Waals surface area contributed by atoms with Crippen LogP contribution in [0, 0.1) is 5.41 Å². The van der Waals surface area contributed by atoms with Gasteiger partial charge in [0.2, 0.25) is 0 Å². The number of amides is 2. The van der Waals surface area contributed by atoms with Gasteiger partial charge in [0.05, 0.1) is 25.0 Å². The highest BCUT2D eigenvalue weighted by atomic mass is 19.1. The number of carbonyl (C=O) groups is 1. The fourth-order valence-electron chi connectivity index (χ4n) is 4.35. The Kier molecular flexibility index (Phi) is 9.61. The van der Waals surface area contributed by atoms with Crippen LogP contribution in [-0.2, 0) is 6.54 Å². The molecule has 0 radical (unpaired) electrons. The van der Waals surface area contributed by atoms with E-state index in [0.29, 0.717) is 31.9 Å².